The fourth-order valence-electron chi connectivity index (χ4n) is 3.86. The van der Waals surface area contributed by atoms with Gasteiger partial charge in [-0.25, -0.2) is 0 Å². The fraction of sp³-hybridized carbons (Fsp3) is 0.545. The van der Waals surface area contributed by atoms with Gasteiger partial charge in [0, 0.05) is 32.1 Å². The van der Waals surface area contributed by atoms with Gasteiger partial charge in [0.25, 0.3) is 5.91 Å². The SMILES string of the molecule is Cc1noc(C(C)C)c1C(=O)NCc1ccccc1CN1CC(C)OC(C)C1. The molecular weight excluding hydrogens is 354 g/mol. The molecule has 3 rings (SSSR count). The maximum absolute atomic E-state index is 12.8. The number of hydrogen-bond donors (Lipinski definition) is 1. The van der Waals surface area contributed by atoms with E-state index in [9.17, 15) is 4.79 Å². The van der Waals surface area contributed by atoms with Crippen LogP contribution in [0.1, 0.15) is 66.6 Å². The molecule has 1 saturated heterocycles. The summed E-state index contributed by atoms with van der Waals surface area (Å²) < 4.78 is 11.2. The summed E-state index contributed by atoms with van der Waals surface area (Å²) in [6.45, 7) is 13.2. The van der Waals surface area contributed by atoms with Crippen molar-refractivity contribution in [3.05, 3.63) is 52.4 Å². The van der Waals surface area contributed by atoms with Gasteiger partial charge in [0.05, 0.1) is 17.9 Å². The molecule has 6 nitrogen and oxygen atoms in total. The molecule has 1 aliphatic heterocycles. The normalized spacial score (nSPS) is 20.5. The monoisotopic (exact) mass is 385 g/mol. The lowest BCUT2D eigenvalue weighted by molar-refractivity contribution is -0.0705. The Morgan fingerprint density at radius 2 is 1.86 bits per heavy atom. The van der Waals surface area contributed by atoms with E-state index in [2.05, 4.69) is 47.4 Å². The van der Waals surface area contributed by atoms with Crippen molar-refractivity contribution >= 4 is 5.91 Å². The van der Waals surface area contributed by atoms with Crippen molar-refractivity contribution in [3.8, 4) is 0 Å². The molecule has 0 spiro atoms. The first-order valence-electron chi connectivity index (χ1n) is 10.0. The summed E-state index contributed by atoms with van der Waals surface area (Å²) in [5.41, 5.74) is 3.55. The molecule has 2 unspecified atom stereocenters. The number of amides is 1. The van der Waals surface area contributed by atoms with Gasteiger partial charge in [-0.1, -0.05) is 43.3 Å². The van der Waals surface area contributed by atoms with E-state index in [0.29, 0.717) is 23.6 Å². The minimum absolute atomic E-state index is 0.111. The summed E-state index contributed by atoms with van der Waals surface area (Å²) in [6.07, 6.45) is 0.475. The highest BCUT2D eigenvalue weighted by Gasteiger charge is 2.24. The third-order valence-corrected chi connectivity index (χ3v) is 5.09. The van der Waals surface area contributed by atoms with Gasteiger partial charge < -0.3 is 14.6 Å². The van der Waals surface area contributed by atoms with Gasteiger partial charge in [-0.05, 0) is 31.9 Å². The smallest absolute Gasteiger partial charge is 0.257 e. The van der Waals surface area contributed by atoms with Crippen LogP contribution in [-0.2, 0) is 17.8 Å². The number of morpholine rings is 1. The highest BCUT2D eigenvalue weighted by atomic mass is 16.5. The fourth-order valence-corrected chi connectivity index (χ4v) is 3.86. The third kappa shape index (κ3) is 4.80. The van der Waals surface area contributed by atoms with Crippen LogP contribution in [0.4, 0.5) is 0 Å². The van der Waals surface area contributed by atoms with E-state index in [1.807, 2.05) is 19.9 Å². The van der Waals surface area contributed by atoms with E-state index in [-0.39, 0.29) is 24.0 Å². The lowest BCUT2D eigenvalue weighted by atomic mass is 10.0. The second-order valence-corrected chi connectivity index (χ2v) is 8.06. The number of nitrogens with one attached hydrogen (secondary N) is 1. The molecule has 2 aromatic rings. The van der Waals surface area contributed by atoms with Crippen molar-refractivity contribution in [1.29, 1.82) is 0 Å². The predicted molar refractivity (Wildman–Crippen MR) is 108 cm³/mol. The molecule has 2 heterocycles. The standard InChI is InChI=1S/C22H31N3O3/c1-14(2)21-20(17(5)24-28-21)22(26)23-10-18-8-6-7-9-19(18)13-25-11-15(3)27-16(4)12-25/h6-9,14-16H,10-13H2,1-5H3,(H,23,26). The zero-order valence-corrected chi connectivity index (χ0v) is 17.5. The van der Waals surface area contributed by atoms with Crippen molar-refractivity contribution in [2.75, 3.05) is 13.1 Å². The number of carbonyl (C=O) groups excluding carboxylic acids is 1. The average molecular weight is 386 g/mol. The lowest BCUT2D eigenvalue weighted by Crippen LogP contribution is -2.45. The van der Waals surface area contributed by atoms with E-state index in [1.54, 1.807) is 6.92 Å². The first-order chi connectivity index (χ1) is 13.3. The van der Waals surface area contributed by atoms with E-state index >= 15 is 0 Å². The Morgan fingerprint density at radius 3 is 2.50 bits per heavy atom. The Morgan fingerprint density at radius 1 is 1.21 bits per heavy atom. The summed E-state index contributed by atoms with van der Waals surface area (Å²) in [7, 11) is 0. The van der Waals surface area contributed by atoms with Gasteiger partial charge in [-0.15, -0.1) is 0 Å². The largest absolute Gasteiger partial charge is 0.373 e. The van der Waals surface area contributed by atoms with Gasteiger partial charge in [0.15, 0.2) is 5.76 Å². The highest BCUT2D eigenvalue weighted by molar-refractivity contribution is 5.96. The molecule has 0 bridgehead atoms. The van der Waals surface area contributed by atoms with Crippen molar-refractivity contribution in [3.63, 3.8) is 0 Å². The summed E-state index contributed by atoms with van der Waals surface area (Å²) in [4.78, 5) is 15.2. The number of hydrogen-bond acceptors (Lipinski definition) is 5. The first kappa shape index (κ1) is 20.6. The topological polar surface area (TPSA) is 67.6 Å². The van der Waals surface area contributed by atoms with Gasteiger partial charge in [-0.2, -0.15) is 0 Å². The molecule has 1 aromatic carbocycles. The van der Waals surface area contributed by atoms with Crippen molar-refractivity contribution in [1.82, 2.24) is 15.4 Å². The maximum Gasteiger partial charge on any atom is 0.257 e. The predicted octanol–water partition coefficient (Wildman–Crippen LogP) is 3.65. The molecule has 1 amide bonds. The van der Waals surface area contributed by atoms with Gasteiger partial charge in [0.2, 0.25) is 0 Å². The van der Waals surface area contributed by atoms with E-state index in [1.165, 1.54) is 5.56 Å². The molecule has 0 radical (unpaired) electrons. The zero-order chi connectivity index (χ0) is 20.3. The molecule has 6 heteroatoms. The van der Waals surface area contributed by atoms with Crippen LogP contribution in [0, 0.1) is 6.92 Å². The Labute approximate surface area is 167 Å². The summed E-state index contributed by atoms with van der Waals surface area (Å²) in [5.74, 6) is 0.616. The van der Waals surface area contributed by atoms with Crippen LogP contribution in [0.5, 0.6) is 0 Å². The molecule has 152 valence electrons. The molecular formula is C22H31N3O3. The van der Waals surface area contributed by atoms with Gasteiger partial charge >= 0.3 is 0 Å². The molecule has 1 fully saturated rings. The first-order valence-corrected chi connectivity index (χ1v) is 10.0. The van der Waals surface area contributed by atoms with E-state index in [0.717, 1.165) is 25.2 Å². The molecule has 1 aliphatic rings. The lowest BCUT2D eigenvalue weighted by Gasteiger charge is -2.35. The van der Waals surface area contributed by atoms with Crippen LogP contribution in [0.25, 0.3) is 0 Å². The number of rotatable bonds is 6. The maximum atomic E-state index is 12.8. The van der Waals surface area contributed by atoms with Crippen LogP contribution in [-0.4, -0.2) is 41.3 Å². The highest BCUT2D eigenvalue weighted by Crippen LogP contribution is 2.22. The van der Waals surface area contributed by atoms with E-state index < -0.39 is 0 Å². The molecule has 1 N–H and O–H groups in total. The second-order valence-electron chi connectivity index (χ2n) is 8.06. The zero-order valence-electron chi connectivity index (χ0n) is 17.5. The van der Waals surface area contributed by atoms with Gasteiger partial charge in [-0.3, -0.25) is 9.69 Å². The number of ether oxygens (including phenoxy) is 1. The second kappa shape index (κ2) is 8.88. The molecule has 2 atom stereocenters. The Balaban J connectivity index is 1.69. The number of aromatic nitrogens is 1. The number of carbonyl (C=O) groups is 1. The minimum Gasteiger partial charge on any atom is -0.373 e. The summed E-state index contributed by atoms with van der Waals surface area (Å²) >= 11 is 0. The average Bonchev–Trinajstić information content (AvgIpc) is 3.02. The molecule has 0 aliphatic carbocycles. The molecule has 1 aromatic heterocycles. The number of aryl methyl sites for hydroxylation is 1. The van der Waals surface area contributed by atoms with Crippen LogP contribution < -0.4 is 5.32 Å². The molecule has 28 heavy (non-hydrogen) atoms. The van der Waals surface area contributed by atoms with Crippen LogP contribution in [0.3, 0.4) is 0 Å². The van der Waals surface area contributed by atoms with Crippen molar-refractivity contribution in [2.45, 2.75) is 65.8 Å². The summed E-state index contributed by atoms with van der Waals surface area (Å²) in [6, 6.07) is 8.28. The van der Waals surface area contributed by atoms with Crippen molar-refractivity contribution < 1.29 is 14.1 Å². The Bertz CT molecular complexity index is 805. The van der Waals surface area contributed by atoms with Gasteiger partial charge in [0.1, 0.15) is 5.56 Å². The number of nitrogens with zero attached hydrogens (tertiary/aromatic N) is 2. The van der Waals surface area contributed by atoms with E-state index in [4.69, 9.17) is 9.26 Å². The van der Waals surface area contributed by atoms with Crippen LogP contribution in [0.2, 0.25) is 0 Å². The van der Waals surface area contributed by atoms with Crippen molar-refractivity contribution in [2.24, 2.45) is 0 Å². The quantitative estimate of drug-likeness (QED) is 0.822. The van der Waals surface area contributed by atoms with Crippen LogP contribution in [0.15, 0.2) is 28.8 Å². The Kier molecular flexibility index (Phi) is 6.52. The minimum atomic E-state index is -0.133. The summed E-state index contributed by atoms with van der Waals surface area (Å²) in [5, 5.41) is 7.02. The molecule has 0 saturated carbocycles. The third-order valence-electron chi connectivity index (χ3n) is 5.09. The van der Waals surface area contributed by atoms with Crippen LogP contribution >= 0.6 is 0 Å². The Hall–Kier alpha value is -2.18. The number of benzene rings is 1.